The quantitative estimate of drug-likeness (QED) is 0.161. The first-order valence-corrected chi connectivity index (χ1v) is 20.4. The molecule has 12 atom stereocenters. The summed E-state index contributed by atoms with van der Waals surface area (Å²) in [7, 11) is 1.73. The van der Waals surface area contributed by atoms with Crippen LogP contribution in [0.25, 0.3) is 10.9 Å². The summed E-state index contributed by atoms with van der Waals surface area (Å²) in [6.45, 7) is 16.1. The van der Waals surface area contributed by atoms with Gasteiger partial charge < -0.3 is 20.1 Å². The van der Waals surface area contributed by atoms with E-state index in [1.165, 1.54) is 44.1 Å². The predicted molar refractivity (Wildman–Crippen MR) is 207 cm³/mol. The van der Waals surface area contributed by atoms with Crippen LogP contribution in [0.4, 0.5) is 0 Å². The third-order valence-corrected chi connectivity index (χ3v) is 16.1. The van der Waals surface area contributed by atoms with Crippen LogP contribution in [0.2, 0.25) is 0 Å². The highest BCUT2D eigenvalue weighted by molar-refractivity contribution is 7.80. The molecule has 1 aromatic carbocycles. The fourth-order valence-corrected chi connectivity index (χ4v) is 13.8. The molecule has 0 amide bonds. The Kier molecular flexibility index (Phi) is 9.00. The molecule has 7 fully saturated rings. The van der Waals surface area contributed by atoms with Crippen molar-refractivity contribution in [3.63, 3.8) is 0 Å². The minimum Gasteiger partial charge on any atom is -0.497 e. The SMILES string of the molecule is C=C[C@H]1CN2CC[C@H]1C[C@H]2[C@@H](NC(=S)N[C@H]1C[C@]23CC[C@H]4[C@@](C)(CCC[C@@]4(C)C(=O)OCC)[C@@H]2CC[C@@]1(C)C3)c1ccnc2ccc(OC)cc12. The number of nitrogens with zero attached hydrogens (tertiary/aromatic N) is 2. The molecular formula is C43H60N4O3S. The highest BCUT2D eigenvalue weighted by Gasteiger charge is 2.68. The first kappa shape index (κ1) is 35.3. The van der Waals surface area contributed by atoms with E-state index in [-0.39, 0.29) is 28.3 Å². The van der Waals surface area contributed by atoms with Gasteiger partial charge >= 0.3 is 5.97 Å². The Bertz CT molecular complexity index is 1700. The summed E-state index contributed by atoms with van der Waals surface area (Å²) < 4.78 is 11.4. The maximum absolute atomic E-state index is 13.5. The Morgan fingerprint density at radius 1 is 1.14 bits per heavy atom. The van der Waals surface area contributed by atoms with Crippen molar-refractivity contribution in [1.29, 1.82) is 0 Å². The number of hydrogen-bond donors (Lipinski definition) is 2. The number of piperidine rings is 3. The van der Waals surface area contributed by atoms with Gasteiger partial charge in [-0.2, -0.15) is 0 Å². The van der Waals surface area contributed by atoms with Gasteiger partial charge in [-0.25, -0.2) is 0 Å². The lowest BCUT2D eigenvalue weighted by atomic mass is 9.40. The van der Waals surface area contributed by atoms with E-state index in [1.807, 2.05) is 19.2 Å². The van der Waals surface area contributed by atoms with Crippen LogP contribution >= 0.6 is 12.2 Å². The number of nitrogens with one attached hydrogen (secondary N) is 2. The average Bonchev–Trinajstić information content (AvgIpc) is 3.33. The van der Waals surface area contributed by atoms with Crippen molar-refractivity contribution >= 4 is 34.2 Å². The van der Waals surface area contributed by atoms with E-state index >= 15 is 0 Å². The number of ether oxygens (including phenoxy) is 2. The van der Waals surface area contributed by atoms with Gasteiger partial charge in [0.1, 0.15) is 5.75 Å². The Balaban J connectivity index is 1.06. The Morgan fingerprint density at radius 2 is 1.96 bits per heavy atom. The number of hydrogen-bond acceptors (Lipinski definition) is 6. The summed E-state index contributed by atoms with van der Waals surface area (Å²) in [6.07, 6.45) is 17.0. The van der Waals surface area contributed by atoms with Gasteiger partial charge in [-0.1, -0.05) is 26.3 Å². The fourth-order valence-electron chi connectivity index (χ4n) is 13.5. The number of benzene rings is 1. The van der Waals surface area contributed by atoms with Gasteiger partial charge in [0.15, 0.2) is 5.11 Å². The number of thiocarbonyl (C=S) groups is 1. The summed E-state index contributed by atoms with van der Waals surface area (Å²) in [5, 5.41) is 9.86. The molecule has 3 saturated heterocycles. The monoisotopic (exact) mass is 712 g/mol. The summed E-state index contributed by atoms with van der Waals surface area (Å²) in [5.41, 5.74) is 2.50. The van der Waals surface area contributed by atoms with Crippen LogP contribution < -0.4 is 15.4 Å². The largest absolute Gasteiger partial charge is 0.497 e. The molecule has 7 nitrogen and oxygen atoms in total. The lowest BCUT2D eigenvalue weighted by Gasteiger charge is -2.64. The number of esters is 1. The number of pyridine rings is 1. The molecule has 4 heterocycles. The lowest BCUT2D eigenvalue weighted by Crippen LogP contribution is -2.58. The Morgan fingerprint density at radius 3 is 2.71 bits per heavy atom. The molecule has 9 rings (SSSR count). The zero-order valence-corrected chi connectivity index (χ0v) is 32.5. The van der Waals surface area contributed by atoms with Crippen LogP contribution in [-0.2, 0) is 9.53 Å². The first-order valence-electron chi connectivity index (χ1n) is 20.0. The Labute approximate surface area is 311 Å². The van der Waals surface area contributed by atoms with Crippen LogP contribution in [0.1, 0.15) is 110 Å². The van der Waals surface area contributed by atoms with Crippen LogP contribution in [-0.4, -0.2) is 59.9 Å². The number of methoxy groups -OCH3 is 1. The number of rotatable bonds is 8. The summed E-state index contributed by atoms with van der Waals surface area (Å²) in [5.74, 6) is 3.11. The molecule has 4 saturated carbocycles. The molecule has 4 bridgehead atoms. The Hall–Kier alpha value is -2.71. The molecule has 8 heteroatoms. The minimum absolute atomic E-state index is 0.0211. The van der Waals surface area contributed by atoms with Crippen molar-refractivity contribution in [2.75, 3.05) is 26.8 Å². The fraction of sp³-hybridized carbons (Fsp3) is 0.698. The zero-order valence-electron chi connectivity index (χ0n) is 31.6. The third-order valence-electron chi connectivity index (χ3n) is 15.8. The van der Waals surface area contributed by atoms with Crippen molar-refractivity contribution < 1.29 is 14.3 Å². The smallest absolute Gasteiger partial charge is 0.312 e. The molecule has 7 aliphatic rings. The summed E-state index contributed by atoms with van der Waals surface area (Å²) in [6, 6.07) is 9.07. The van der Waals surface area contributed by atoms with Crippen molar-refractivity contribution in [2.45, 2.75) is 116 Å². The van der Waals surface area contributed by atoms with Gasteiger partial charge in [-0.3, -0.25) is 14.7 Å². The van der Waals surface area contributed by atoms with Crippen LogP contribution in [0.3, 0.4) is 0 Å². The molecule has 276 valence electrons. The van der Waals surface area contributed by atoms with E-state index < -0.39 is 0 Å². The molecule has 4 aliphatic carbocycles. The van der Waals surface area contributed by atoms with E-state index in [0.717, 1.165) is 67.0 Å². The highest BCUT2D eigenvalue weighted by atomic mass is 32.1. The standard InChI is InChI=1S/C43H60N4O3S/c1-7-27-25-47-21-15-28(27)22-33(47)37(30-14-20-44-32-11-10-29(49-6)23-31(30)32)46-39(51)45-36-24-43-19-13-34-41(4,35(43)12-18-40(36,3)26-43)16-9-17-42(34,5)38(48)50-8-2/h7,10-11,14,20,23,27-28,33-37H,1,8-9,12-13,15-19,21-22,24-26H2,2-6H3,(H2,45,46,51)/t27-,28-,33-,34-,35-,36-,37-,40-,41+,42+,43-/m0/s1. The molecule has 1 aromatic heterocycles. The van der Waals surface area contributed by atoms with Gasteiger partial charge in [0.25, 0.3) is 0 Å². The number of aromatic nitrogens is 1. The number of carbonyl (C=O) groups excluding carboxylic acids is 1. The number of carbonyl (C=O) groups is 1. The van der Waals surface area contributed by atoms with Gasteiger partial charge in [0, 0.05) is 30.2 Å². The lowest BCUT2D eigenvalue weighted by molar-refractivity contribution is -0.187. The molecule has 51 heavy (non-hydrogen) atoms. The molecule has 1 spiro atoms. The molecule has 2 aromatic rings. The topological polar surface area (TPSA) is 75.7 Å². The van der Waals surface area contributed by atoms with E-state index in [4.69, 9.17) is 26.7 Å². The summed E-state index contributed by atoms with van der Waals surface area (Å²) in [4.78, 5) is 20.9. The normalized spacial score (nSPS) is 41.5. The van der Waals surface area contributed by atoms with Crippen molar-refractivity contribution in [3.05, 3.63) is 48.7 Å². The third kappa shape index (κ3) is 5.63. The van der Waals surface area contributed by atoms with E-state index in [9.17, 15) is 4.79 Å². The van der Waals surface area contributed by atoms with Crippen LogP contribution in [0.15, 0.2) is 43.1 Å². The predicted octanol–water partition coefficient (Wildman–Crippen LogP) is 8.38. The second-order valence-corrected chi connectivity index (χ2v) is 18.7. The minimum atomic E-state index is -0.371. The van der Waals surface area contributed by atoms with Crippen molar-refractivity contribution in [1.82, 2.24) is 20.5 Å². The average molecular weight is 713 g/mol. The van der Waals surface area contributed by atoms with Crippen molar-refractivity contribution in [3.8, 4) is 5.75 Å². The highest BCUT2D eigenvalue weighted by Crippen LogP contribution is 2.73. The molecule has 0 radical (unpaired) electrons. The van der Waals surface area contributed by atoms with E-state index in [1.54, 1.807) is 7.11 Å². The molecule has 1 unspecified atom stereocenters. The second-order valence-electron chi connectivity index (χ2n) is 18.3. The maximum atomic E-state index is 13.5. The molecule has 2 N–H and O–H groups in total. The first-order chi connectivity index (χ1) is 24.5. The second kappa shape index (κ2) is 13.0. The maximum Gasteiger partial charge on any atom is 0.312 e. The summed E-state index contributed by atoms with van der Waals surface area (Å²) >= 11 is 6.34. The molecular weight excluding hydrogens is 653 g/mol. The van der Waals surface area contributed by atoms with Gasteiger partial charge in [-0.15, -0.1) is 6.58 Å². The number of fused-ring (bicyclic) bond motifs is 7. The molecule has 3 aliphatic heterocycles. The van der Waals surface area contributed by atoms with Gasteiger partial charge in [0.05, 0.1) is 30.7 Å². The van der Waals surface area contributed by atoms with E-state index in [2.05, 4.69) is 67.2 Å². The van der Waals surface area contributed by atoms with Crippen LogP contribution in [0.5, 0.6) is 5.75 Å². The van der Waals surface area contributed by atoms with Crippen LogP contribution in [0, 0.1) is 45.3 Å². The van der Waals surface area contributed by atoms with Gasteiger partial charge in [0.2, 0.25) is 0 Å². The van der Waals surface area contributed by atoms with E-state index in [0.29, 0.717) is 47.8 Å². The zero-order chi connectivity index (χ0) is 35.8. The van der Waals surface area contributed by atoms with Gasteiger partial charge in [-0.05, 0) is 167 Å². The van der Waals surface area contributed by atoms with Crippen molar-refractivity contribution in [2.24, 2.45) is 45.3 Å².